The zero-order valence-electron chi connectivity index (χ0n) is 17.1. The van der Waals surface area contributed by atoms with E-state index in [0.717, 1.165) is 39.3 Å². The molecule has 1 amide bonds. The molecule has 0 bridgehead atoms. The third kappa shape index (κ3) is 3.54. The molecule has 0 saturated heterocycles. The van der Waals surface area contributed by atoms with E-state index < -0.39 is 0 Å². The predicted octanol–water partition coefficient (Wildman–Crippen LogP) is 4.16. The molecule has 3 aromatic rings. The van der Waals surface area contributed by atoms with Crippen molar-refractivity contribution in [2.24, 2.45) is 0 Å². The summed E-state index contributed by atoms with van der Waals surface area (Å²) < 4.78 is 10.8. The van der Waals surface area contributed by atoms with Crippen LogP contribution in [0.5, 0.6) is 11.5 Å². The van der Waals surface area contributed by atoms with Crippen molar-refractivity contribution < 1.29 is 14.3 Å². The van der Waals surface area contributed by atoms with Crippen LogP contribution in [0.4, 0.5) is 0 Å². The van der Waals surface area contributed by atoms with Crippen LogP contribution in [0.3, 0.4) is 0 Å². The van der Waals surface area contributed by atoms with Crippen molar-refractivity contribution in [1.82, 2.24) is 14.9 Å². The molecule has 28 heavy (non-hydrogen) atoms. The van der Waals surface area contributed by atoms with E-state index in [2.05, 4.69) is 9.97 Å². The summed E-state index contributed by atoms with van der Waals surface area (Å²) in [4.78, 5) is 25.6. The Labute approximate surface area is 169 Å². The van der Waals surface area contributed by atoms with Gasteiger partial charge in [0.25, 0.3) is 5.91 Å². The molecule has 0 aliphatic carbocycles. The van der Waals surface area contributed by atoms with E-state index in [-0.39, 0.29) is 5.91 Å². The van der Waals surface area contributed by atoms with Gasteiger partial charge in [0.15, 0.2) is 11.5 Å². The monoisotopic (exact) mass is 399 g/mol. The molecule has 0 fully saturated rings. The summed E-state index contributed by atoms with van der Waals surface area (Å²) in [5.74, 6) is 2.06. The predicted molar refractivity (Wildman–Crippen MR) is 112 cm³/mol. The number of benzene rings is 1. The Morgan fingerprint density at radius 2 is 1.93 bits per heavy atom. The molecule has 1 aromatic carbocycles. The second-order valence-electron chi connectivity index (χ2n) is 6.63. The molecule has 0 unspecified atom stereocenters. The summed E-state index contributed by atoms with van der Waals surface area (Å²) in [6, 6.07) is 5.67. The van der Waals surface area contributed by atoms with Crippen LogP contribution in [0.2, 0.25) is 0 Å². The van der Waals surface area contributed by atoms with Crippen molar-refractivity contribution in [3.05, 3.63) is 45.7 Å². The number of rotatable bonds is 6. The van der Waals surface area contributed by atoms with Gasteiger partial charge in [0.1, 0.15) is 10.7 Å². The maximum absolute atomic E-state index is 13.2. The first-order chi connectivity index (χ1) is 13.4. The molecule has 2 aromatic heterocycles. The Bertz CT molecular complexity index is 1030. The number of fused-ring (bicyclic) bond motifs is 1. The van der Waals surface area contributed by atoms with Crippen LogP contribution in [0.25, 0.3) is 10.2 Å². The highest BCUT2D eigenvalue weighted by Crippen LogP contribution is 2.34. The second-order valence-corrected chi connectivity index (χ2v) is 7.63. The van der Waals surface area contributed by atoms with Gasteiger partial charge in [0.05, 0.1) is 19.1 Å². The largest absolute Gasteiger partial charge is 0.493 e. The molecule has 0 aliphatic heterocycles. The normalized spacial score (nSPS) is 10.9. The van der Waals surface area contributed by atoms with Gasteiger partial charge in [-0.05, 0) is 25.5 Å². The van der Waals surface area contributed by atoms with Crippen LogP contribution in [-0.2, 0) is 13.0 Å². The summed E-state index contributed by atoms with van der Waals surface area (Å²) >= 11 is 1.43. The Morgan fingerprint density at radius 3 is 2.57 bits per heavy atom. The number of para-hydroxylation sites is 1. The SMILES string of the molecule is CCc1nc(C)c2c(C)c(C(=O)N(C)Cc3cccc(OC)c3OC)sc2n1. The van der Waals surface area contributed by atoms with Crippen LogP contribution < -0.4 is 9.47 Å². The number of hydrogen-bond acceptors (Lipinski definition) is 6. The topological polar surface area (TPSA) is 64.6 Å². The maximum atomic E-state index is 13.2. The number of aromatic nitrogens is 2. The Hall–Kier alpha value is -2.67. The lowest BCUT2D eigenvalue weighted by atomic mass is 10.1. The Balaban J connectivity index is 1.94. The molecule has 7 heteroatoms. The third-order valence-electron chi connectivity index (χ3n) is 4.77. The number of amides is 1. The first-order valence-corrected chi connectivity index (χ1v) is 9.94. The number of hydrogen-bond donors (Lipinski definition) is 0. The Morgan fingerprint density at radius 1 is 1.18 bits per heavy atom. The van der Waals surface area contributed by atoms with E-state index in [9.17, 15) is 4.79 Å². The van der Waals surface area contributed by atoms with E-state index in [1.165, 1.54) is 11.3 Å². The standard InChI is InChI=1S/C21H25N3O3S/c1-7-16-22-13(3)17-12(2)19(28-20(17)23-16)21(25)24(4)11-14-9-8-10-15(26-5)18(14)27-6/h8-10H,7,11H2,1-6H3. The smallest absolute Gasteiger partial charge is 0.264 e. The number of thiophene rings is 1. The zero-order valence-corrected chi connectivity index (χ0v) is 17.9. The van der Waals surface area contributed by atoms with Crippen molar-refractivity contribution in [2.75, 3.05) is 21.3 Å². The van der Waals surface area contributed by atoms with Crippen molar-refractivity contribution in [3.8, 4) is 11.5 Å². The van der Waals surface area contributed by atoms with Crippen molar-refractivity contribution >= 4 is 27.5 Å². The fraction of sp³-hybridized carbons (Fsp3) is 0.381. The fourth-order valence-corrected chi connectivity index (χ4v) is 4.58. The molecule has 148 valence electrons. The summed E-state index contributed by atoms with van der Waals surface area (Å²) in [6.45, 7) is 6.39. The minimum Gasteiger partial charge on any atom is -0.493 e. The van der Waals surface area contributed by atoms with Gasteiger partial charge in [-0.2, -0.15) is 0 Å². The lowest BCUT2D eigenvalue weighted by Crippen LogP contribution is -2.26. The third-order valence-corrected chi connectivity index (χ3v) is 5.94. The summed E-state index contributed by atoms with van der Waals surface area (Å²) in [5.41, 5.74) is 2.75. The number of methoxy groups -OCH3 is 2. The van der Waals surface area contributed by atoms with Crippen LogP contribution in [0.1, 0.15) is 39.2 Å². The van der Waals surface area contributed by atoms with Gasteiger partial charge in [-0.15, -0.1) is 11.3 Å². The van der Waals surface area contributed by atoms with Gasteiger partial charge in [0, 0.05) is 36.7 Å². The van der Waals surface area contributed by atoms with Crippen LogP contribution in [-0.4, -0.2) is 42.0 Å². The summed E-state index contributed by atoms with van der Waals surface area (Å²) in [5, 5.41) is 0.984. The first-order valence-electron chi connectivity index (χ1n) is 9.13. The van der Waals surface area contributed by atoms with Crippen LogP contribution >= 0.6 is 11.3 Å². The van der Waals surface area contributed by atoms with E-state index in [1.54, 1.807) is 26.2 Å². The van der Waals surface area contributed by atoms with Crippen LogP contribution in [0, 0.1) is 13.8 Å². The summed E-state index contributed by atoms with van der Waals surface area (Å²) in [7, 11) is 5.00. The van der Waals surface area contributed by atoms with E-state index >= 15 is 0 Å². The molecule has 0 saturated carbocycles. The average Bonchev–Trinajstić information content (AvgIpc) is 3.03. The van der Waals surface area contributed by atoms with Gasteiger partial charge in [0.2, 0.25) is 0 Å². The van der Waals surface area contributed by atoms with Gasteiger partial charge >= 0.3 is 0 Å². The minimum absolute atomic E-state index is 0.0391. The second kappa shape index (κ2) is 8.14. The molecule has 0 spiro atoms. The molecule has 0 N–H and O–H groups in total. The van der Waals surface area contributed by atoms with Crippen molar-refractivity contribution in [2.45, 2.75) is 33.7 Å². The van der Waals surface area contributed by atoms with Gasteiger partial charge in [-0.1, -0.05) is 19.1 Å². The number of ether oxygens (including phenoxy) is 2. The number of carbonyl (C=O) groups excluding carboxylic acids is 1. The first kappa shape index (κ1) is 20.1. The highest BCUT2D eigenvalue weighted by atomic mass is 32.1. The van der Waals surface area contributed by atoms with E-state index in [1.807, 2.05) is 39.0 Å². The van der Waals surface area contributed by atoms with Crippen LogP contribution in [0.15, 0.2) is 18.2 Å². The molecule has 3 rings (SSSR count). The lowest BCUT2D eigenvalue weighted by molar-refractivity contribution is 0.0788. The van der Waals surface area contributed by atoms with E-state index in [4.69, 9.17) is 9.47 Å². The number of nitrogens with zero attached hydrogens (tertiary/aromatic N) is 3. The number of carbonyl (C=O) groups is 1. The van der Waals surface area contributed by atoms with E-state index in [0.29, 0.717) is 22.9 Å². The lowest BCUT2D eigenvalue weighted by Gasteiger charge is -2.19. The van der Waals surface area contributed by atoms with Crippen molar-refractivity contribution in [1.29, 1.82) is 0 Å². The quantitative estimate of drug-likeness (QED) is 0.623. The molecule has 0 radical (unpaired) electrons. The molecule has 0 aliphatic rings. The molecular formula is C21H25N3O3S. The van der Waals surface area contributed by atoms with Gasteiger partial charge in [-0.3, -0.25) is 4.79 Å². The molecule has 0 atom stereocenters. The van der Waals surface area contributed by atoms with Crippen molar-refractivity contribution in [3.63, 3.8) is 0 Å². The number of aryl methyl sites for hydroxylation is 3. The zero-order chi connectivity index (χ0) is 20.4. The Kier molecular flexibility index (Phi) is 5.84. The average molecular weight is 400 g/mol. The summed E-state index contributed by atoms with van der Waals surface area (Å²) in [6.07, 6.45) is 0.770. The fourth-order valence-electron chi connectivity index (χ4n) is 3.34. The maximum Gasteiger partial charge on any atom is 0.264 e. The minimum atomic E-state index is -0.0391. The molecule has 2 heterocycles. The van der Waals surface area contributed by atoms with Gasteiger partial charge in [-0.25, -0.2) is 9.97 Å². The molecular weight excluding hydrogens is 374 g/mol. The highest BCUT2D eigenvalue weighted by molar-refractivity contribution is 7.20. The molecule has 6 nitrogen and oxygen atoms in total. The highest BCUT2D eigenvalue weighted by Gasteiger charge is 2.23. The van der Waals surface area contributed by atoms with Gasteiger partial charge < -0.3 is 14.4 Å².